The Morgan fingerprint density at radius 2 is 1.73 bits per heavy atom. The lowest BCUT2D eigenvalue weighted by Gasteiger charge is -2.31. The van der Waals surface area contributed by atoms with E-state index < -0.39 is 17.1 Å². The van der Waals surface area contributed by atoms with E-state index in [-0.39, 0.29) is 29.2 Å². The molecule has 0 aliphatic carbocycles. The zero-order chi connectivity index (χ0) is 25.5. The van der Waals surface area contributed by atoms with Crippen molar-refractivity contribution < 1.29 is 23.9 Å². The highest BCUT2D eigenvalue weighted by Gasteiger charge is 2.56. The summed E-state index contributed by atoms with van der Waals surface area (Å²) in [5, 5.41) is -0.102. The number of rotatable bonds is 5. The van der Waals surface area contributed by atoms with Gasteiger partial charge < -0.3 is 19.4 Å². The maximum absolute atomic E-state index is 13.8. The topological polar surface area (TPSA) is 109 Å². The summed E-state index contributed by atoms with van der Waals surface area (Å²) < 4.78 is 11.3. The van der Waals surface area contributed by atoms with Crippen molar-refractivity contribution in [2.75, 3.05) is 37.8 Å². The molecule has 2 saturated heterocycles. The van der Waals surface area contributed by atoms with E-state index in [9.17, 15) is 19.2 Å². The molecule has 2 fully saturated rings. The Kier molecular flexibility index (Phi) is 6.35. The summed E-state index contributed by atoms with van der Waals surface area (Å²) >= 11 is 2.27. The SMILES string of the molecule is O=C(COc1ccccc1[C@@H]1c2sc(=O)[nH]c2S[C@H]2C(=O)N(c3ccccc3)C(=O)[C@@H]12)N1CCOCC1. The van der Waals surface area contributed by atoms with Gasteiger partial charge in [-0.15, -0.1) is 0 Å². The minimum absolute atomic E-state index is 0.149. The van der Waals surface area contributed by atoms with E-state index in [0.717, 1.165) is 11.3 Å². The van der Waals surface area contributed by atoms with Crippen molar-refractivity contribution >= 4 is 46.5 Å². The fourth-order valence-electron chi connectivity index (χ4n) is 5.10. The molecule has 0 bridgehead atoms. The lowest BCUT2D eigenvalue weighted by Crippen LogP contribution is -2.43. The van der Waals surface area contributed by atoms with Crippen molar-refractivity contribution in [2.45, 2.75) is 16.2 Å². The molecule has 3 aliphatic rings. The van der Waals surface area contributed by atoms with Crippen molar-refractivity contribution in [3.8, 4) is 5.75 Å². The molecule has 1 N–H and O–H groups in total. The Bertz CT molecular complexity index is 1410. The molecule has 11 heteroatoms. The van der Waals surface area contributed by atoms with E-state index in [1.807, 2.05) is 18.2 Å². The van der Waals surface area contributed by atoms with Gasteiger partial charge in [-0.3, -0.25) is 19.2 Å². The maximum Gasteiger partial charge on any atom is 0.305 e. The number of aromatic amines is 1. The number of H-pyrrole nitrogens is 1. The molecule has 37 heavy (non-hydrogen) atoms. The second-order valence-electron chi connectivity index (χ2n) is 8.92. The second-order valence-corrected chi connectivity index (χ2v) is 11.1. The Morgan fingerprint density at radius 1 is 1.00 bits per heavy atom. The van der Waals surface area contributed by atoms with Crippen LogP contribution in [0.4, 0.5) is 5.69 Å². The predicted octanol–water partition coefficient (Wildman–Crippen LogP) is 2.47. The fourth-order valence-corrected chi connectivity index (χ4v) is 7.60. The van der Waals surface area contributed by atoms with Gasteiger partial charge in [0.1, 0.15) is 11.0 Å². The predicted molar refractivity (Wildman–Crippen MR) is 138 cm³/mol. The van der Waals surface area contributed by atoms with Crippen LogP contribution in [-0.4, -0.2) is 65.8 Å². The van der Waals surface area contributed by atoms with E-state index in [0.29, 0.717) is 53.2 Å². The van der Waals surface area contributed by atoms with Gasteiger partial charge in [0, 0.05) is 29.4 Å². The number of carbonyl (C=O) groups excluding carboxylic acids is 3. The van der Waals surface area contributed by atoms with Gasteiger partial charge in [-0.05, 0) is 18.2 Å². The molecule has 3 atom stereocenters. The van der Waals surface area contributed by atoms with E-state index in [1.54, 1.807) is 41.3 Å². The van der Waals surface area contributed by atoms with Gasteiger partial charge in [-0.1, -0.05) is 59.5 Å². The number of para-hydroxylation sites is 2. The number of aromatic nitrogens is 1. The van der Waals surface area contributed by atoms with E-state index >= 15 is 0 Å². The quantitative estimate of drug-likeness (QED) is 0.498. The highest BCUT2D eigenvalue weighted by atomic mass is 32.2. The number of thioether (sulfide) groups is 1. The Morgan fingerprint density at radius 3 is 2.51 bits per heavy atom. The number of nitrogens with zero attached hydrogens (tertiary/aromatic N) is 2. The second kappa shape index (κ2) is 9.81. The number of fused-ring (bicyclic) bond motifs is 2. The third-order valence-corrected chi connectivity index (χ3v) is 9.21. The molecule has 9 nitrogen and oxygen atoms in total. The van der Waals surface area contributed by atoms with Crippen LogP contribution in [0, 0.1) is 5.92 Å². The zero-order valence-corrected chi connectivity index (χ0v) is 21.3. The molecule has 3 aliphatic heterocycles. The molecular formula is C26H23N3O6S2. The fraction of sp³-hybridized carbons (Fsp3) is 0.308. The van der Waals surface area contributed by atoms with Gasteiger partial charge in [0.2, 0.25) is 11.8 Å². The van der Waals surface area contributed by atoms with Crippen LogP contribution < -0.4 is 14.5 Å². The Labute approximate surface area is 220 Å². The van der Waals surface area contributed by atoms with E-state index in [2.05, 4.69) is 4.98 Å². The highest BCUT2D eigenvalue weighted by Crippen LogP contribution is 2.54. The van der Waals surface area contributed by atoms with Crippen LogP contribution in [0.3, 0.4) is 0 Å². The standard InChI is InChI=1S/C26H23N3O6S2/c30-18(28-10-12-34-13-11-28)14-35-17-9-5-4-8-16(17)19-20-22(36-23-21(19)37-26(33)27-23)25(32)29(24(20)31)15-6-2-1-3-7-15/h1-9,19-20,22H,10-14H2,(H,27,33)/t19-,20-,22+/m0/s1. The average Bonchev–Trinajstić information content (AvgIpc) is 3.42. The van der Waals surface area contributed by atoms with Gasteiger partial charge in [0.25, 0.3) is 5.91 Å². The lowest BCUT2D eigenvalue weighted by molar-refractivity contribution is -0.137. The number of benzene rings is 2. The van der Waals surface area contributed by atoms with Crippen molar-refractivity contribution in [3.05, 3.63) is 74.7 Å². The van der Waals surface area contributed by atoms with Crippen molar-refractivity contribution in [3.63, 3.8) is 0 Å². The van der Waals surface area contributed by atoms with Crippen LogP contribution in [-0.2, 0) is 19.1 Å². The monoisotopic (exact) mass is 537 g/mol. The van der Waals surface area contributed by atoms with Crippen LogP contribution in [0.2, 0.25) is 0 Å². The number of nitrogens with one attached hydrogen (secondary N) is 1. The number of carbonyl (C=O) groups is 3. The van der Waals surface area contributed by atoms with Crippen LogP contribution in [0.25, 0.3) is 0 Å². The summed E-state index contributed by atoms with van der Waals surface area (Å²) in [6.45, 7) is 1.86. The van der Waals surface area contributed by atoms with Crippen molar-refractivity contribution in [1.82, 2.24) is 9.88 Å². The summed E-state index contributed by atoms with van der Waals surface area (Å²) in [6, 6.07) is 16.1. The molecule has 3 amide bonds. The minimum atomic E-state index is -0.726. The number of ether oxygens (including phenoxy) is 2. The first-order valence-electron chi connectivity index (χ1n) is 11.9. The number of hydrogen-bond donors (Lipinski definition) is 1. The smallest absolute Gasteiger partial charge is 0.305 e. The molecule has 6 rings (SSSR count). The molecular weight excluding hydrogens is 514 g/mol. The number of morpholine rings is 1. The molecule has 2 aromatic carbocycles. The number of thiazole rings is 1. The van der Waals surface area contributed by atoms with Crippen LogP contribution in [0.15, 0.2) is 64.4 Å². The van der Waals surface area contributed by atoms with Gasteiger partial charge in [0.15, 0.2) is 6.61 Å². The number of imide groups is 1. The molecule has 0 radical (unpaired) electrons. The van der Waals surface area contributed by atoms with Crippen LogP contribution in [0.5, 0.6) is 5.75 Å². The molecule has 1 aromatic heterocycles. The van der Waals surface area contributed by atoms with Crippen LogP contribution in [0.1, 0.15) is 16.4 Å². The van der Waals surface area contributed by atoms with Gasteiger partial charge in [-0.25, -0.2) is 4.90 Å². The molecule has 0 saturated carbocycles. The zero-order valence-electron chi connectivity index (χ0n) is 19.6. The van der Waals surface area contributed by atoms with Crippen molar-refractivity contribution in [2.24, 2.45) is 5.92 Å². The molecule has 190 valence electrons. The molecule has 0 spiro atoms. The highest BCUT2D eigenvalue weighted by molar-refractivity contribution is 8.00. The molecule has 4 heterocycles. The van der Waals surface area contributed by atoms with Gasteiger partial charge in [0.05, 0.1) is 29.8 Å². The summed E-state index contributed by atoms with van der Waals surface area (Å²) in [4.78, 5) is 58.7. The van der Waals surface area contributed by atoms with E-state index in [1.165, 1.54) is 16.7 Å². The largest absolute Gasteiger partial charge is 0.483 e. The average molecular weight is 538 g/mol. The maximum atomic E-state index is 13.8. The molecule has 0 unspecified atom stereocenters. The van der Waals surface area contributed by atoms with Gasteiger partial charge in [-0.2, -0.15) is 0 Å². The summed E-state index contributed by atoms with van der Waals surface area (Å²) in [7, 11) is 0. The third-order valence-electron chi connectivity index (χ3n) is 6.81. The first-order valence-corrected chi connectivity index (χ1v) is 13.6. The summed E-state index contributed by atoms with van der Waals surface area (Å²) in [6.07, 6.45) is 0. The first-order chi connectivity index (χ1) is 18.0. The molecule has 3 aromatic rings. The Balaban J connectivity index is 1.37. The normalized spacial score (nSPS) is 23.1. The Hall–Kier alpha value is -3.41. The van der Waals surface area contributed by atoms with Crippen molar-refractivity contribution in [1.29, 1.82) is 0 Å². The number of hydrogen-bond acceptors (Lipinski definition) is 8. The third kappa shape index (κ3) is 4.26. The summed E-state index contributed by atoms with van der Waals surface area (Å²) in [5.41, 5.74) is 1.18. The van der Waals surface area contributed by atoms with Crippen LogP contribution >= 0.6 is 23.1 Å². The summed E-state index contributed by atoms with van der Waals surface area (Å²) in [5.74, 6) is -1.63. The first kappa shape index (κ1) is 24.0. The van der Waals surface area contributed by atoms with Gasteiger partial charge >= 0.3 is 4.87 Å². The number of anilines is 1. The van der Waals surface area contributed by atoms with E-state index in [4.69, 9.17) is 9.47 Å². The number of amides is 3. The lowest BCUT2D eigenvalue weighted by atomic mass is 9.82. The minimum Gasteiger partial charge on any atom is -0.483 e.